The van der Waals surface area contributed by atoms with Crippen LogP contribution in [0.1, 0.15) is 39.7 Å². The zero-order valence-electron chi connectivity index (χ0n) is 17.2. The summed E-state index contributed by atoms with van der Waals surface area (Å²) in [5.74, 6) is 0.346. The first-order valence-electron chi connectivity index (χ1n) is 9.65. The van der Waals surface area contributed by atoms with Gasteiger partial charge in [-0.05, 0) is 56.2 Å². The van der Waals surface area contributed by atoms with Crippen LogP contribution in [0.5, 0.6) is 0 Å². The summed E-state index contributed by atoms with van der Waals surface area (Å²) in [4.78, 5) is 28.6. The molecular weight excluding hydrogens is 416 g/mol. The van der Waals surface area contributed by atoms with Crippen molar-refractivity contribution in [1.82, 2.24) is 4.98 Å². The third-order valence-corrected chi connectivity index (χ3v) is 6.53. The predicted molar refractivity (Wildman–Crippen MR) is 122 cm³/mol. The number of esters is 1. The largest absolute Gasteiger partial charge is 0.462 e. The lowest BCUT2D eigenvalue weighted by molar-refractivity contribution is -0.115. The molecular formula is C23H24N2O3S2. The highest BCUT2D eigenvalue weighted by Crippen LogP contribution is 2.28. The van der Waals surface area contributed by atoms with Gasteiger partial charge in [0, 0.05) is 16.8 Å². The number of nitrogens with zero attached hydrogens (tertiary/aromatic N) is 1. The molecule has 3 aromatic rings. The monoisotopic (exact) mass is 440 g/mol. The molecule has 0 saturated carbocycles. The lowest BCUT2D eigenvalue weighted by Gasteiger charge is -2.06. The number of thioether (sulfide) groups is 1. The number of amides is 1. The molecule has 30 heavy (non-hydrogen) atoms. The van der Waals surface area contributed by atoms with Crippen molar-refractivity contribution in [2.24, 2.45) is 0 Å². The number of carbonyl (C=O) groups excluding carboxylic acids is 2. The van der Waals surface area contributed by atoms with Crippen molar-refractivity contribution in [3.63, 3.8) is 0 Å². The predicted octanol–water partition coefficient (Wildman–Crippen LogP) is 5.41. The molecule has 1 aromatic heterocycles. The van der Waals surface area contributed by atoms with E-state index in [9.17, 15) is 9.59 Å². The number of ether oxygens (including phenoxy) is 1. The zero-order valence-corrected chi connectivity index (χ0v) is 18.9. The van der Waals surface area contributed by atoms with Crippen LogP contribution < -0.4 is 5.32 Å². The molecule has 156 valence electrons. The molecule has 0 unspecified atom stereocenters. The number of benzene rings is 2. The highest BCUT2D eigenvalue weighted by molar-refractivity contribution is 8.00. The Hall–Kier alpha value is -2.64. The second kappa shape index (κ2) is 10.4. The summed E-state index contributed by atoms with van der Waals surface area (Å²) < 4.78 is 5.91. The van der Waals surface area contributed by atoms with Crippen molar-refractivity contribution < 1.29 is 14.3 Å². The molecule has 0 aliphatic rings. The fourth-order valence-electron chi connectivity index (χ4n) is 2.80. The fraction of sp³-hybridized carbons (Fsp3) is 0.261. The van der Waals surface area contributed by atoms with Gasteiger partial charge in [0.05, 0.1) is 24.3 Å². The van der Waals surface area contributed by atoms with E-state index in [4.69, 9.17) is 4.74 Å². The van der Waals surface area contributed by atoms with Gasteiger partial charge in [-0.15, -0.1) is 11.3 Å². The van der Waals surface area contributed by atoms with E-state index in [-0.39, 0.29) is 18.3 Å². The highest BCUT2D eigenvalue weighted by atomic mass is 32.2. The van der Waals surface area contributed by atoms with Gasteiger partial charge < -0.3 is 10.1 Å². The van der Waals surface area contributed by atoms with Crippen LogP contribution in [0.2, 0.25) is 0 Å². The van der Waals surface area contributed by atoms with Gasteiger partial charge in [0.2, 0.25) is 5.91 Å². The van der Waals surface area contributed by atoms with Crippen molar-refractivity contribution >= 4 is 40.7 Å². The summed E-state index contributed by atoms with van der Waals surface area (Å²) in [7, 11) is 0. The van der Waals surface area contributed by atoms with Crippen LogP contribution in [0, 0.1) is 13.8 Å². The Morgan fingerprint density at radius 3 is 2.63 bits per heavy atom. The Bertz CT molecular complexity index is 1030. The van der Waals surface area contributed by atoms with Gasteiger partial charge in [-0.25, -0.2) is 9.78 Å². The molecule has 0 bridgehead atoms. The number of aromatic nitrogens is 1. The number of aryl methyl sites for hydroxylation is 2. The number of thiazole rings is 1. The molecule has 5 nitrogen and oxygen atoms in total. The quantitative estimate of drug-likeness (QED) is 0.375. The lowest BCUT2D eigenvalue weighted by atomic mass is 10.1. The van der Waals surface area contributed by atoms with Gasteiger partial charge >= 0.3 is 5.97 Å². The van der Waals surface area contributed by atoms with Crippen molar-refractivity contribution in [2.45, 2.75) is 37.3 Å². The van der Waals surface area contributed by atoms with Crippen molar-refractivity contribution in [1.29, 1.82) is 0 Å². The van der Waals surface area contributed by atoms with Crippen LogP contribution in [-0.4, -0.2) is 23.5 Å². The van der Waals surface area contributed by atoms with Crippen LogP contribution in [0.15, 0.2) is 52.2 Å². The van der Waals surface area contributed by atoms with E-state index in [1.165, 1.54) is 16.7 Å². The molecule has 0 spiro atoms. The number of nitrogens with one attached hydrogen (secondary N) is 1. The van der Waals surface area contributed by atoms with Gasteiger partial charge in [0.15, 0.2) is 0 Å². The maximum atomic E-state index is 12.3. The minimum atomic E-state index is -0.372. The zero-order chi connectivity index (χ0) is 21.5. The van der Waals surface area contributed by atoms with Gasteiger partial charge in [-0.2, -0.15) is 0 Å². The smallest absolute Gasteiger partial charge is 0.338 e. The summed E-state index contributed by atoms with van der Waals surface area (Å²) in [5, 5.41) is 4.76. The van der Waals surface area contributed by atoms with Gasteiger partial charge in [0.1, 0.15) is 4.34 Å². The van der Waals surface area contributed by atoms with Crippen LogP contribution >= 0.6 is 23.1 Å². The minimum absolute atomic E-state index is 0.143. The van der Waals surface area contributed by atoms with E-state index in [0.717, 1.165) is 15.8 Å². The van der Waals surface area contributed by atoms with Crippen LogP contribution in [-0.2, 0) is 21.7 Å². The van der Waals surface area contributed by atoms with Crippen molar-refractivity contribution in [3.05, 3.63) is 75.8 Å². The molecule has 0 aliphatic heterocycles. The Morgan fingerprint density at radius 1 is 1.13 bits per heavy atom. The average Bonchev–Trinajstić information content (AvgIpc) is 3.16. The Morgan fingerprint density at radius 2 is 1.90 bits per heavy atom. The minimum Gasteiger partial charge on any atom is -0.462 e. The van der Waals surface area contributed by atoms with Crippen molar-refractivity contribution in [3.8, 4) is 0 Å². The third-order valence-electron chi connectivity index (χ3n) is 4.41. The molecule has 1 heterocycles. The van der Waals surface area contributed by atoms with Gasteiger partial charge in [0.25, 0.3) is 0 Å². The molecule has 0 saturated heterocycles. The number of rotatable bonds is 8. The lowest BCUT2D eigenvalue weighted by Crippen LogP contribution is -2.14. The molecule has 1 N–H and O–H groups in total. The number of carbonyl (C=O) groups is 2. The van der Waals surface area contributed by atoms with E-state index in [2.05, 4.69) is 42.3 Å². The number of hydrogen-bond acceptors (Lipinski definition) is 6. The standard InChI is InChI=1S/C23H24N2O3S2/c1-4-28-22(27)17-7-9-19(10-8-17)24-21(26)12-20-14-30-23(25-20)29-13-18-11-15(2)5-6-16(18)3/h5-11,14H,4,12-13H2,1-3H3,(H,24,26). The third kappa shape index (κ3) is 6.18. The molecule has 2 aromatic carbocycles. The van der Waals surface area contributed by atoms with Crippen LogP contribution in [0.4, 0.5) is 5.69 Å². The maximum absolute atomic E-state index is 12.3. The number of anilines is 1. The van der Waals surface area contributed by atoms with Crippen LogP contribution in [0.25, 0.3) is 0 Å². The summed E-state index contributed by atoms with van der Waals surface area (Å²) in [6.45, 7) is 6.30. The van der Waals surface area contributed by atoms with Gasteiger partial charge in [-0.1, -0.05) is 35.5 Å². The molecule has 0 radical (unpaired) electrons. The summed E-state index contributed by atoms with van der Waals surface area (Å²) in [6.07, 6.45) is 0.208. The second-order valence-electron chi connectivity index (χ2n) is 6.85. The number of hydrogen-bond donors (Lipinski definition) is 1. The molecule has 0 atom stereocenters. The Labute approximate surface area is 184 Å². The van der Waals surface area contributed by atoms with E-state index >= 15 is 0 Å². The first kappa shape index (κ1) is 22.1. The maximum Gasteiger partial charge on any atom is 0.338 e. The molecule has 3 rings (SSSR count). The van der Waals surface area contributed by atoms with Gasteiger partial charge in [-0.3, -0.25) is 4.79 Å². The van der Waals surface area contributed by atoms with E-state index in [1.54, 1.807) is 54.3 Å². The van der Waals surface area contributed by atoms with E-state index < -0.39 is 0 Å². The molecule has 7 heteroatoms. The summed E-state index contributed by atoms with van der Waals surface area (Å²) >= 11 is 3.25. The normalized spacial score (nSPS) is 10.6. The topological polar surface area (TPSA) is 68.3 Å². The first-order valence-corrected chi connectivity index (χ1v) is 11.5. The summed E-state index contributed by atoms with van der Waals surface area (Å²) in [5.41, 5.74) is 5.68. The second-order valence-corrected chi connectivity index (χ2v) is 8.93. The molecule has 0 fully saturated rings. The molecule has 1 amide bonds. The Kier molecular flexibility index (Phi) is 7.65. The van der Waals surface area contributed by atoms with Crippen molar-refractivity contribution in [2.75, 3.05) is 11.9 Å². The SMILES string of the molecule is CCOC(=O)c1ccc(NC(=O)Cc2csc(SCc3cc(C)ccc3C)n2)cc1. The van der Waals surface area contributed by atoms with Crippen LogP contribution in [0.3, 0.4) is 0 Å². The fourth-order valence-corrected chi connectivity index (χ4v) is 4.71. The average molecular weight is 441 g/mol. The first-order chi connectivity index (χ1) is 14.4. The summed E-state index contributed by atoms with van der Waals surface area (Å²) in [6, 6.07) is 13.1. The molecule has 0 aliphatic carbocycles. The highest BCUT2D eigenvalue weighted by Gasteiger charge is 2.11. The van der Waals surface area contributed by atoms with E-state index in [1.807, 2.05) is 5.38 Å². The Balaban J connectivity index is 1.52. The van der Waals surface area contributed by atoms with E-state index in [0.29, 0.717) is 17.9 Å².